The van der Waals surface area contributed by atoms with Crippen molar-refractivity contribution in [3.05, 3.63) is 57.6 Å². The van der Waals surface area contributed by atoms with Crippen molar-refractivity contribution in [1.82, 2.24) is 9.97 Å². The molecule has 0 aliphatic heterocycles. The highest BCUT2D eigenvalue weighted by Gasteiger charge is 2.31. The molecule has 2 aromatic rings. The summed E-state index contributed by atoms with van der Waals surface area (Å²) >= 11 is 11.3. The first kappa shape index (κ1) is 15.0. The van der Waals surface area contributed by atoms with Crippen LogP contribution in [0.5, 0.6) is 0 Å². The summed E-state index contributed by atoms with van der Waals surface area (Å²) in [4.78, 5) is 7.47. The minimum absolute atomic E-state index is 0.0124. The number of halogens is 5. The maximum absolute atomic E-state index is 12.6. The Morgan fingerprint density at radius 1 is 1.20 bits per heavy atom. The summed E-state index contributed by atoms with van der Waals surface area (Å²) < 4.78 is 37.8. The monoisotopic (exact) mass is 322 g/mol. The largest absolute Gasteiger partial charge is 0.416 e. The van der Waals surface area contributed by atoms with Crippen LogP contribution in [0.2, 0.25) is 10.3 Å². The lowest BCUT2D eigenvalue weighted by Gasteiger charge is -2.14. The van der Waals surface area contributed by atoms with E-state index >= 15 is 0 Å². The first-order valence-corrected chi connectivity index (χ1v) is 6.08. The highest BCUT2D eigenvalue weighted by molar-refractivity contribution is 6.32. The maximum atomic E-state index is 12.6. The second kappa shape index (κ2) is 5.55. The van der Waals surface area contributed by atoms with Crippen LogP contribution in [-0.4, -0.2) is 15.1 Å². The normalized spacial score (nSPS) is 13.3. The quantitative estimate of drug-likeness (QED) is 0.912. The van der Waals surface area contributed by atoms with E-state index in [1.54, 1.807) is 0 Å². The van der Waals surface area contributed by atoms with Crippen LogP contribution in [0.15, 0.2) is 30.5 Å². The number of rotatable bonds is 2. The molecule has 0 radical (unpaired) electrons. The molecule has 0 aliphatic carbocycles. The molecule has 0 aliphatic rings. The van der Waals surface area contributed by atoms with Crippen LogP contribution in [0.3, 0.4) is 0 Å². The zero-order chi connectivity index (χ0) is 14.9. The third-order valence-corrected chi connectivity index (χ3v) is 2.98. The van der Waals surface area contributed by atoms with Crippen LogP contribution in [0.1, 0.15) is 22.9 Å². The van der Waals surface area contributed by atoms with Crippen molar-refractivity contribution >= 4 is 23.2 Å². The SMILES string of the molecule is OC(c1cccc(C(F)(F)F)c1)c1ncc(Cl)nc1Cl. The van der Waals surface area contributed by atoms with E-state index in [4.69, 9.17) is 23.2 Å². The summed E-state index contributed by atoms with van der Waals surface area (Å²) in [6, 6.07) is 4.27. The number of nitrogens with zero attached hydrogens (tertiary/aromatic N) is 2. The Labute approximate surface area is 122 Å². The molecule has 0 saturated heterocycles. The summed E-state index contributed by atoms with van der Waals surface area (Å²) in [6.07, 6.45) is -4.76. The molecule has 1 atom stereocenters. The molecule has 1 unspecified atom stereocenters. The topological polar surface area (TPSA) is 46.0 Å². The molecule has 0 bridgehead atoms. The third kappa shape index (κ3) is 3.20. The lowest BCUT2D eigenvalue weighted by Crippen LogP contribution is -2.09. The van der Waals surface area contributed by atoms with Crippen molar-refractivity contribution in [2.24, 2.45) is 0 Å². The molecular formula is C12H7Cl2F3N2O. The van der Waals surface area contributed by atoms with Crippen LogP contribution in [0.25, 0.3) is 0 Å². The predicted octanol–water partition coefficient (Wildman–Crippen LogP) is 3.88. The smallest absolute Gasteiger partial charge is 0.382 e. The van der Waals surface area contributed by atoms with E-state index in [2.05, 4.69) is 9.97 Å². The molecule has 3 nitrogen and oxygen atoms in total. The third-order valence-electron chi connectivity index (χ3n) is 2.52. The van der Waals surface area contributed by atoms with Crippen LogP contribution < -0.4 is 0 Å². The van der Waals surface area contributed by atoms with E-state index in [0.29, 0.717) is 0 Å². The number of aliphatic hydroxyl groups excluding tert-OH is 1. The summed E-state index contributed by atoms with van der Waals surface area (Å²) in [7, 11) is 0. The lowest BCUT2D eigenvalue weighted by molar-refractivity contribution is -0.137. The molecule has 8 heteroatoms. The van der Waals surface area contributed by atoms with Gasteiger partial charge in [-0.15, -0.1) is 0 Å². The number of alkyl halides is 3. The van der Waals surface area contributed by atoms with Gasteiger partial charge in [-0.2, -0.15) is 13.2 Å². The second-order valence-corrected chi connectivity index (χ2v) is 4.64. The number of hydrogen-bond acceptors (Lipinski definition) is 3. The molecule has 0 saturated carbocycles. The summed E-state index contributed by atoms with van der Waals surface area (Å²) in [6.45, 7) is 0. The van der Waals surface area contributed by atoms with Gasteiger partial charge in [0.05, 0.1) is 11.8 Å². The van der Waals surface area contributed by atoms with Crippen molar-refractivity contribution in [1.29, 1.82) is 0 Å². The van der Waals surface area contributed by atoms with E-state index in [1.165, 1.54) is 12.1 Å². The highest BCUT2D eigenvalue weighted by Crippen LogP contribution is 2.32. The van der Waals surface area contributed by atoms with E-state index in [1.807, 2.05) is 0 Å². The van der Waals surface area contributed by atoms with Crippen molar-refractivity contribution in [2.45, 2.75) is 12.3 Å². The predicted molar refractivity (Wildman–Crippen MR) is 67.6 cm³/mol. The van der Waals surface area contributed by atoms with Gasteiger partial charge >= 0.3 is 6.18 Å². The highest BCUT2D eigenvalue weighted by atomic mass is 35.5. The van der Waals surface area contributed by atoms with Crippen LogP contribution in [0.4, 0.5) is 13.2 Å². The van der Waals surface area contributed by atoms with Gasteiger partial charge in [-0.25, -0.2) is 4.98 Å². The van der Waals surface area contributed by atoms with E-state index < -0.39 is 17.8 Å². The van der Waals surface area contributed by atoms with Crippen LogP contribution >= 0.6 is 23.2 Å². The molecule has 0 spiro atoms. The Bertz CT molecular complexity index is 634. The molecule has 20 heavy (non-hydrogen) atoms. The molecular weight excluding hydrogens is 316 g/mol. The summed E-state index contributed by atoms with van der Waals surface area (Å²) in [5.74, 6) is 0. The minimum atomic E-state index is -4.49. The van der Waals surface area contributed by atoms with Crippen molar-refractivity contribution in [3.63, 3.8) is 0 Å². The summed E-state index contributed by atoms with van der Waals surface area (Å²) in [5, 5.41) is 9.92. The Morgan fingerprint density at radius 3 is 2.50 bits per heavy atom. The van der Waals surface area contributed by atoms with Crippen LogP contribution in [0, 0.1) is 0 Å². The van der Waals surface area contributed by atoms with Gasteiger partial charge in [-0.1, -0.05) is 35.3 Å². The number of benzene rings is 1. The Balaban J connectivity index is 2.41. The van der Waals surface area contributed by atoms with Gasteiger partial charge < -0.3 is 5.11 Å². The molecule has 2 rings (SSSR count). The van der Waals surface area contributed by atoms with Crippen molar-refractivity contribution < 1.29 is 18.3 Å². The Morgan fingerprint density at radius 2 is 1.90 bits per heavy atom. The average molecular weight is 323 g/mol. The zero-order valence-electron chi connectivity index (χ0n) is 9.70. The number of aliphatic hydroxyl groups is 1. The standard InChI is InChI=1S/C12H7Cl2F3N2O/c13-8-5-18-9(11(14)19-8)10(20)6-2-1-3-7(4-6)12(15,16)17/h1-5,10,20H. The fourth-order valence-electron chi connectivity index (χ4n) is 1.58. The molecule has 1 aromatic heterocycles. The van der Waals surface area contributed by atoms with E-state index in [9.17, 15) is 18.3 Å². The molecule has 1 heterocycles. The Kier molecular flexibility index (Phi) is 4.17. The van der Waals surface area contributed by atoms with Gasteiger partial charge in [0.15, 0.2) is 5.15 Å². The van der Waals surface area contributed by atoms with Gasteiger partial charge in [0.25, 0.3) is 0 Å². The first-order valence-electron chi connectivity index (χ1n) is 5.32. The maximum Gasteiger partial charge on any atom is 0.416 e. The van der Waals surface area contributed by atoms with Crippen molar-refractivity contribution in [2.75, 3.05) is 0 Å². The number of hydrogen-bond donors (Lipinski definition) is 1. The fraction of sp³-hybridized carbons (Fsp3) is 0.167. The molecule has 0 amide bonds. The molecule has 106 valence electrons. The second-order valence-electron chi connectivity index (χ2n) is 3.89. The van der Waals surface area contributed by atoms with Gasteiger partial charge in [0, 0.05) is 0 Å². The summed E-state index contributed by atoms with van der Waals surface area (Å²) in [5.41, 5.74) is -0.916. The van der Waals surface area contributed by atoms with Gasteiger partial charge in [-0.3, -0.25) is 4.98 Å². The minimum Gasteiger partial charge on any atom is -0.382 e. The molecule has 1 N–H and O–H groups in total. The fourth-order valence-corrected chi connectivity index (χ4v) is 2.00. The average Bonchev–Trinajstić information content (AvgIpc) is 2.37. The van der Waals surface area contributed by atoms with Crippen LogP contribution in [-0.2, 0) is 6.18 Å². The first-order chi connectivity index (χ1) is 9.29. The van der Waals surface area contributed by atoms with Crippen molar-refractivity contribution in [3.8, 4) is 0 Å². The van der Waals surface area contributed by atoms with Gasteiger partial charge in [-0.05, 0) is 17.7 Å². The van der Waals surface area contributed by atoms with E-state index in [-0.39, 0.29) is 21.6 Å². The van der Waals surface area contributed by atoms with E-state index in [0.717, 1.165) is 18.3 Å². The molecule has 1 aromatic carbocycles. The molecule has 0 fully saturated rings. The lowest BCUT2D eigenvalue weighted by atomic mass is 10.0. The van der Waals surface area contributed by atoms with Gasteiger partial charge in [0.1, 0.15) is 17.0 Å². The Hall–Kier alpha value is -1.37. The number of aromatic nitrogens is 2. The van der Waals surface area contributed by atoms with Gasteiger partial charge in [0.2, 0.25) is 0 Å². The zero-order valence-corrected chi connectivity index (χ0v) is 11.2.